The SMILES string of the molecule is CCOC(Br)C(=O)c1ccccc1. The van der Waals surface area contributed by atoms with Gasteiger partial charge in [0.2, 0.25) is 5.78 Å². The third kappa shape index (κ3) is 2.94. The molecular formula is C10H11BrO2. The lowest BCUT2D eigenvalue weighted by atomic mass is 10.1. The minimum absolute atomic E-state index is 0.0394. The highest BCUT2D eigenvalue weighted by atomic mass is 79.9. The van der Waals surface area contributed by atoms with Gasteiger partial charge in [-0.15, -0.1) is 0 Å². The summed E-state index contributed by atoms with van der Waals surface area (Å²) in [6.45, 7) is 2.38. The van der Waals surface area contributed by atoms with Crippen molar-refractivity contribution in [2.45, 2.75) is 11.9 Å². The number of ether oxygens (including phenoxy) is 1. The Morgan fingerprint density at radius 1 is 1.46 bits per heavy atom. The van der Waals surface area contributed by atoms with Crippen LogP contribution in [0.15, 0.2) is 30.3 Å². The minimum Gasteiger partial charge on any atom is -0.359 e. The van der Waals surface area contributed by atoms with Crippen molar-refractivity contribution in [3.05, 3.63) is 35.9 Å². The number of hydrogen-bond donors (Lipinski definition) is 0. The van der Waals surface area contributed by atoms with E-state index in [1.807, 2.05) is 25.1 Å². The summed E-state index contributed by atoms with van der Waals surface area (Å²) >= 11 is 3.17. The Hall–Kier alpha value is -0.670. The van der Waals surface area contributed by atoms with Crippen molar-refractivity contribution in [1.82, 2.24) is 0 Å². The molecule has 13 heavy (non-hydrogen) atoms. The van der Waals surface area contributed by atoms with Crippen molar-refractivity contribution in [2.24, 2.45) is 0 Å². The van der Waals surface area contributed by atoms with Gasteiger partial charge in [0, 0.05) is 12.2 Å². The molecule has 0 aliphatic heterocycles. The van der Waals surface area contributed by atoms with Crippen LogP contribution in [0.5, 0.6) is 0 Å². The summed E-state index contributed by atoms with van der Waals surface area (Å²) in [4.78, 5) is 11.6. The third-order valence-electron chi connectivity index (χ3n) is 1.58. The monoisotopic (exact) mass is 242 g/mol. The summed E-state index contributed by atoms with van der Waals surface area (Å²) in [6, 6.07) is 9.09. The molecule has 0 N–H and O–H groups in total. The van der Waals surface area contributed by atoms with Gasteiger partial charge in [0.1, 0.15) is 0 Å². The van der Waals surface area contributed by atoms with Crippen molar-refractivity contribution < 1.29 is 9.53 Å². The van der Waals surface area contributed by atoms with Crippen LogP contribution in [0, 0.1) is 0 Å². The summed E-state index contributed by atoms with van der Waals surface area (Å²) in [6.07, 6.45) is 0. The van der Waals surface area contributed by atoms with Crippen LogP contribution in [0.25, 0.3) is 0 Å². The quantitative estimate of drug-likeness (QED) is 0.600. The number of Topliss-reactive ketones (excluding diaryl/α,β-unsaturated/α-hetero) is 1. The van der Waals surface area contributed by atoms with E-state index in [9.17, 15) is 4.79 Å². The molecule has 2 nitrogen and oxygen atoms in total. The van der Waals surface area contributed by atoms with Crippen molar-refractivity contribution in [1.29, 1.82) is 0 Å². The fourth-order valence-electron chi connectivity index (χ4n) is 0.955. The van der Waals surface area contributed by atoms with Gasteiger partial charge in [-0.3, -0.25) is 4.79 Å². The van der Waals surface area contributed by atoms with Crippen molar-refractivity contribution in [3.8, 4) is 0 Å². The van der Waals surface area contributed by atoms with Gasteiger partial charge in [-0.2, -0.15) is 0 Å². The molecule has 0 saturated carbocycles. The Kier molecular flexibility index (Phi) is 4.12. The normalized spacial score (nSPS) is 12.5. The maximum atomic E-state index is 11.6. The van der Waals surface area contributed by atoms with Gasteiger partial charge in [0.25, 0.3) is 0 Å². The number of rotatable bonds is 4. The van der Waals surface area contributed by atoms with Crippen LogP contribution in [0.2, 0.25) is 0 Å². The molecule has 0 aliphatic rings. The van der Waals surface area contributed by atoms with E-state index >= 15 is 0 Å². The molecule has 0 aromatic heterocycles. The number of benzene rings is 1. The summed E-state index contributed by atoms with van der Waals surface area (Å²) < 4.78 is 5.13. The Balaban J connectivity index is 2.68. The Morgan fingerprint density at radius 2 is 2.08 bits per heavy atom. The van der Waals surface area contributed by atoms with Crippen LogP contribution in [0.4, 0.5) is 0 Å². The number of halogens is 1. The predicted octanol–water partition coefficient (Wildman–Crippen LogP) is 2.63. The first-order valence-corrected chi connectivity index (χ1v) is 5.02. The van der Waals surface area contributed by atoms with Gasteiger partial charge >= 0.3 is 0 Å². The lowest BCUT2D eigenvalue weighted by molar-refractivity contribution is 0.0723. The topological polar surface area (TPSA) is 26.3 Å². The second-order valence-corrected chi connectivity index (χ2v) is 3.33. The van der Waals surface area contributed by atoms with Crippen LogP contribution >= 0.6 is 15.9 Å². The summed E-state index contributed by atoms with van der Waals surface area (Å²) in [7, 11) is 0. The lowest BCUT2D eigenvalue weighted by Gasteiger charge is -2.07. The summed E-state index contributed by atoms with van der Waals surface area (Å²) in [5.41, 5.74) is 0.665. The Bertz CT molecular complexity index is 272. The van der Waals surface area contributed by atoms with Crippen molar-refractivity contribution in [2.75, 3.05) is 6.61 Å². The molecule has 1 unspecified atom stereocenters. The molecule has 0 heterocycles. The second-order valence-electron chi connectivity index (χ2n) is 2.50. The van der Waals surface area contributed by atoms with Crippen LogP contribution in [0.3, 0.4) is 0 Å². The molecule has 0 fully saturated rings. The van der Waals surface area contributed by atoms with Crippen molar-refractivity contribution in [3.63, 3.8) is 0 Å². The number of alkyl halides is 1. The minimum atomic E-state index is -0.528. The molecule has 1 rings (SSSR count). The number of carbonyl (C=O) groups is 1. The first-order chi connectivity index (χ1) is 6.25. The maximum Gasteiger partial charge on any atom is 0.202 e. The van der Waals surface area contributed by atoms with E-state index in [1.54, 1.807) is 12.1 Å². The van der Waals surface area contributed by atoms with Gasteiger partial charge in [-0.25, -0.2) is 0 Å². The van der Waals surface area contributed by atoms with Gasteiger partial charge in [-0.05, 0) is 22.9 Å². The zero-order chi connectivity index (χ0) is 9.68. The van der Waals surface area contributed by atoms with E-state index in [0.29, 0.717) is 12.2 Å². The first kappa shape index (κ1) is 10.4. The Labute approximate surface area is 86.0 Å². The van der Waals surface area contributed by atoms with Crippen LogP contribution in [-0.2, 0) is 4.74 Å². The standard InChI is InChI=1S/C10H11BrO2/c1-2-13-10(11)9(12)8-6-4-3-5-7-8/h3-7,10H,2H2,1H3. The first-order valence-electron chi connectivity index (χ1n) is 4.10. The molecule has 0 aliphatic carbocycles. The summed E-state index contributed by atoms with van der Waals surface area (Å²) in [5, 5.41) is -0.528. The zero-order valence-corrected chi connectivity index (χ0v) is 8.95. The maximum absolute atomic E-state index is 11.6. The molecule has 1 aromatic rings. The third-order valence-corrected chi connectivity index (χ3v) is 2.26. The molecular weight excluding hydrogens is 232 g/mol. The highest BCUT2D eigenvalue weighted by Crippen LogP contribution is 2.10. The van der Waals surface area contributed by atoms with Gasteiger partial charge in [0.15, 0.2) is 5.01 Å². The van der Waals surface area contributed by atoms with E-state index < -0.39 is 5.01 Å². The average molecular weight is 243 g/mol. The van der Waals surface area contributed by atoms with Crippen LogP contribution < -0.4 is 0 Å². The van der Waals surface area contributed by atoms with Gasteiger partial charge < -0.3 is 4.74 Å². The molecule has 3 heteroatoms. The molecule has 0 amide bonds. The summed E-state index contributed by atoms with van der Waals surface area (Å²) in [5.74, 6) is -0.0394. The highest BCUT2D eigenvalue weighted by Gasteiger charge is 2.15. The molecule has 0 spiro atoms. The molecule has 0 saturated heterocycles. The highest BCUT2D eigenvalue weighted by molar-refractivity contribution is 9.09. The predicted molar refractivity (Wildman–Crippen MR) is 55.1 cm³/mol. The molecule has 1 aromatic carbocycles. The van der Waals surface area contributed by atoms with Gasteiger partial charge in [-0.1, -0.05) is 30.3 Å². The average Bonchev–Trinajstić information content (AvgIpc) is 2.18. The van der Waals surface area contributed by atoms with Crippen LogP contribution in [-0.4, -0.2) is 17.4 Å². The number of carbonyl (C=O) groups excluding carboxylic acids is 1. The zero-order valence-electron chi connectivity index (χ0n) is 7.37. The fourth-order valence-corrected chi connectivity index (χ4v) is 1.48. The molecule has 0 bridgehead atoms. The fraction of sp³-hybridized carbons (Fsp3) is 0.300. The second kappa shape index (κ2) is 5.14. The van der Waals surface area contributed by atoms with E-state index in [1.165, 1.54) is 0 Å². The molecule has 1 atom stereocenters. The van der Waals surface area contributed by atoms with Gasteiger partial charge in [0.05, 0.1) is 0 Å². The largest absolute Gasteiger partial charge is 0.359 e. The van der Waals surface area contributed by atoms with Crippen molar-refractivity contribution >= 4 is 21.7 Å². The number of hydrogen-bond acceptors (Lipinski definition) is 2. The van der Waals surface area contributed by atoms with E-state index in [-0.39, 0.29) is 5.78 Å². The number of ketones is 1. The van der Waals surface area contributed by atoms with E-state index in [2.05, 4.69) is 15.9 Å². The Morgan fingerprint density at radius 3 is 2.62 bits per heavy atom. The van der Waals surface area contributed by atoms with Crippen LogP contribution in [0.1, 0.15) is 17.3 Å². The van der Waals surface area contributed by atoms with E-state index in [4.69, 9.17) is 4.74 Å². The molecule has 70 valence electrons. The molecule has 0 radical (unpaired) electrons. The smallest absolute Gasteiger partial charge is 0.202 e. The lowest BCUT2D eigenvalue weighted by Crippen LogP contribution is -2.17. The van der Waals surface area contributed by atoms with E-state index in [0.717, 1.165) is 0 Å².